The van der Waals surface area contributed by atoms with Gasteiger partial charge >= 0.3 is 5.97 Å². The molecule has 0 saturated carbocycles. The normalized spacial score (nSPS) is 10.7. The third-order valence-electron chi connectivity index (χ3n) is 3.63. The van der Waals surface area contributed by atoms with E-state index < -0.39 is 10.9 Å². The molecule has 0 spiro atoms. The van der Waals surface area contributed by atoms with Gasteiger partial charge in [-0.05, 0) is 41.5 Å². The van der Waals surface area contributed by atoms with Crippen LogP contribution in [0.3, 0.4) is 0 Å². The highest BCUT2D eigenvalue weighted by Gasteiger charge is 2.14. The summed E-state index contributed by atoms with van der Waals surface area (Å²) in [6.07, 6.45) is 1.56. The minimum absolute atomic E-state index is 0.0714. The second-order valence-corrected chi connectivity index (χ2v) is 5.78. The molecule has 0 aliphatic carbocycles. The number of ether oxygens (including phenoxy) is 3. The van der Waals surface area contributed by atoms with Crippen LogP contribution in [0.5, 0.6) is 11.5 Å². The molecule has 2 aromatic carbocycles. The number of non-ortho nitro benzene ring substituents is 1. The van der Waals surface area contributed by atoms with Crippen molar-refractivity contribution in [3.63, 3.8) is 0 Å². The van der Waals surface area contributed by atoms with E-state index in [9.17, 15) is 20.2 Å². The zero-order valence-electron chi connectivity index (χ0n) is 15.0. The Morgan fingerprint density at radius 2 is 1.96 bits per heavy atom. The molecular weight excluding hydrogens is 388 g/mol. The van der Waals surface area contributed by atoms with E-state index in [0.717, 1.165) is 0 Å². The number of nitrogens with zero attached hydrogens (tertiary/aromatic N) is 2. The quantitative estimate of drug-likeness (QED) is 0.227. The number of methoxy groups -OCH3 is 2. The summed E-state index contributed by atoms with van der Waals surface area (Å²) in [5, 5.41) is 20.4. The van der Waals surface area contributed by atoms with Crippen LogP contribution < -0.4 is 9.47 Å². The molecule has 0 aromatic heterocycles. The fourth-order valence-corrected chi connectivity index (χ4v) is 2.54. The fraction of sp³-hybridized carbons (Fsp3) is 0.158. The van der Waals surface area contributed by atoms with Gasteiger partial charge in [0.25, 0.3) is 5.69 Å². The van der Waals surface area contributed by atoms with Crippen LogP contribution in [0, 0.1) is 21.4 Å². The fourth-order valence-electron chi connectivity index (χ4n) is 2.26. The first-order valence-corrected chi connectivity index (χ1v) is 8.21. The van der Waals surface area contributed by atoms with E-state index in [0.29, 0.717) is 11.1 Å². The summed E-state index contributed by atoms with van der Waals surface area (Å²) in [7, 11) is 2.64. The Hall–Kier alpha value is -3.57. The van der Waals surface area contributed by atoms with E-state index in [1.807, 2.05) is 6.07 Å². The van der Waals surface area contributed by atoms with E-state index in [1.165, 1.54) is 38.5 Å². The van der Waals surface area contributed by atoms with Gasteiger partial charge in [-0.15, -0.1) is 0 Å². The van der Waals surface area contributed by atoms with Gasteiger partial charge in [-0.1, -0.05) is 11.6 Å². The van der Waals surface area contributed by atoms with Gasteiger partial charge in [0, 0.05) is 12.1 Å². The number of nitro groups is 1. The zero-order valence-corrected chi connectivity index (χ0v) is 15.7. The molecule has 28 heavy (non-hydrogen) atoms. The summed E-state index contributed by atoms with van der Waals surface area (Å²) < 4.78 is 15.1. The van der Waals surface area contributed by atoms with E-state index in [-0.39, 0.29) is 34.4 Å². The Labute approximate surface area is 165 Å². The average molecular weight is 403 g/mol. The van der Waals surface area contributed by atoms with Crippen LogP contribution in [0.4, 0.5) is 5.69 Å². The molecule has 0 atom stereocenters. The molecule has 0 N–H and O–H groups in total. The first-order chi connectivity index (χ1) is 13.4. The van der Waals surface area contributed by atoms with E-state index in [4.69, 9.17) is 21.1 Å². The predicted octanol–water partition coefficient (Wildman–Crippen LogP) is 3.87. The van der Waals surface area contributed by atoms with Gasteiger partial charge < -0.3 is 14.2 Å². The van der Waals surface area contributed by atoms with E-state index in [2.05, 4.69) is 4.74 Å². The minimum atomic E-state index is -0.577. The number of carbonyl (C=O) groups excluding carboxylic acids is 1. The summed E-state index contributed by atoms with van der Waals surface area (Å²) in [5.74, 6) is -0.142. The highest BCUT2D eigenvalue weighted by molar-refractivity contribution is 6.32. The molecule has 9 heteroatoms. The Morgan fingerprint density at radius 1 is 1.29 bits per heavy atom. The maximum absolute atomic E-state index is 11.3. The molecule has 144 valence electrons. The van der Waals surface area contributed by atoms with Gasteiger partial charge in [0.15, 0.2) is 18.1 Å². The van der Waals surface area contributed by atoms with Gasteiger partial charge in [-0.25, -0.2) is 4.79 Å². The Kier molecular flexibility index (Phi) is 6.96. The molecular formula is C19H15ClN2O6. The minimum Gasteiger partial charge on any atom is -0.493 e. The smallest absolute Gasteiger partial charge is 0.343 e. The summed E-state index contributed by atoms with van der Waals surface area (Å²) in [6, 6.07) is 10.8. The first-order valence-electron chi connectivity index (χ1n) is 7.83. The summed E-state index contributed by atoms with van der Waals surface area (Å²) in [6.45, 7) is -0.339. The van der Waals surface area contributed by atoms with Crippen LogP contribution in [0.2, 0.25) is 5.02 Å². The number of hydrogen-bond acceptors (Lipinski definition) is 7. The number of rotatable bonds is 7. The lowest BCUT2D eigenvalue weighted by Crippen LogP contribution is -2.13. The Morgan fingerprint density at radius 3 is 2.50 bits per heavy atom. The molecule has 0 bridgehead atoms. The molecule has 0 radical (unpaired) electrons. The van der Waals surface area contributed by atoms with Crippen LogP contribution in [0.25, 0.3) is 11.6 Å². The summed E-state index contributed by atoms with van der Waals surface area (Å²) >= 11 is 6.22. The predicted molar refractivity (Wildman–Crippen MR) is 102 cm³/mol. The van der Waals surface area contributed by atoms with Crippen LogP contribution in [0.15, 0.2) is 36.4 Å². The lowest BCUT2D eigenvalue weighted by Gasteiger charge is -2.12. The maximum atomic E-state index is 11.3. The van der Waals surface area contributed by atoms with Gasteiger partial charge in [0.05, 0.1) is 35.8 Å². The second-order valence-electron chi connectivity index (χ2n) is 5.37. The van der Waals surface area contributed by atoms with Crippen molar-refractivity contribution < 1.29 is 23.9 Å². The molecule has 8 nitrogen and oxygen atoms in total. The SMILES string of the molecule is COC(=O)COc1c(Cl)cc(/C=C(/C#N)c2ccc([N+](=O)[O-])cc2)cc1OC. The molecule has 0 fully saturated rings. The summed E-state index contributed by atoms with van der Waals surface area (Å²) in [4.78, 5) is 21.5. The van der Waals surface area contributed by atoms with Crippen molar-refractivity contribution >= 4 is 34.9 Å². The van der Waals surface area contributed by atoms with Crippen molar-refractivity contribution in [2.45, 2.75) is 0 Å². The van der Waals surface area contributed by atoms with Crippen LogP contribution >= 0.6 is 11.6 Å². The van der Waals surface area contributed by atoms with Gasteiger partial charge in [0.1, 0.15) is 0 Å². The molecule has 0 saturated heterocycles. The lowest BCUT2D eigenvalue weighted by atomic mass is 10.0. The topological polar surface area (TPSA) is 112 Å². The molecule has 0 heterocycles. The second kappa shape index (κ2) is 9.39. The van der Waals surface area contributed by atoms with Crippen molar-refractivity contribution in [2.24, 2.45) is 0 Å². The summed E-state index contributed by atoms with van der Waals surface area (Å²) in [5.41, 5.74) is 1.26. The number of nitro benzene ring substituents is 1. The van der Waals surface area contributed by atoms with Crippen molar-refractivity contribution in [1.29, 1.82) is 5.26 Å². The molecule has 2 aromatic rings. The van der Waals surface area contributed by atoms with Crippen LogP contribution in [0.1, 0.15) is 11.1 Å². The highest BCUT2D eigenvalue weighted by Crippen LogP contribution is 2.37. The molecule has 0 unspecified atom stereocenters. The zero-order chi connectivity index (χ0) is 20.7. The van der Waals surface area contributed by atoms with E-state index >= 15 is 0 Å². The number of allylic oxidation sites excluding steroid dienone is 1. The Balaban J connectivity index is 2.37. The highest BCUT2D eigenvalue weighted by atomic mass is 35.5. The third kappa shape index (κ3) is 4.99. The van der Waals surface area contributed by atoms with Crippen molar-refractivity contribution in [1.82, 2.24) is 0 Å². The number of esters is 1. The monoisotopic (exact) mass is 402 g/mol. The van der Waals surface area contributed by atoms with Crippen molar-refractivity contribution in [3.05, 3.63) is 62.7 Å². The van der Waals surface area contributed by atoms with Gasteiger partial charge in [-0.3, -0.25) is 10.1 Å². The van der Waals surface area contributed by atoms with Gasteiger partial charge in [-0.2, -0.15) is 5.26 Å². The molecule has 2 rings (SSSR count). The number of hydrogen-bond donors (Lipinski definition) is 0. The maximum Gasteiger partial charge on any atom is 0.343 e. The number of carbonyl (C=O) groups is 1. The number of nitriles is 1. The van der Waals surface area contributed by atoms with Crippen LogP contribution in [-0.2, 0) is 9.53 Å². The van der Waals surface area contributed by atoms with Crippen molar-refractivity contribution in [2.75, 3.05) is 20.8 Å². The van der Waals surface area contributed by atoms with Gasteiger partial charge in [0.2, 0.25) is 0 Å². The van der Waals surface area contributed by atoms with Crippen LogP contribution in [-0.4, -0.2) is 31.7 Å². The molecule has 0 aliphatic rings. The van der Waals surface area contributed by atoms with Crippen molar-refractivity contribution in [3.8, 4) is 17.6 Å². The lowest BCUT2D eigenvalue weighted by molar-refractivity contribution is -0.384. The van der Waals surface area contributed by atoms with E-state index in [1.54, 1.807) is 18.2 Å². The molecule has 0 amide bonds. The number of halogens is 1. The number of benzene rings is 2. The standard InChI is InChI=1S/C19H15ClN2O6/c1-26-17-9-12(8-16(20)19(17)28-11-18(23)27-2)7-14(10-21)13-3-5-15(6-4-13)22(24)25/h3-9H,11H2,1-2H3/b14-7-. The largest absolute Gasteiger partial charge is 0.493 e. The molecule has 0 aliphatic heterocycles. The average Bonchev–Trinajstić information content (AvgIpc) is 2.70. The first kappa shape index (κ1) is 20.7. The Bertz CT molecular complexity index is 964. The third-order valence-corrected chi connectivity index (χ3v) is 3.92.